The summed E-state index contributed by atoms with van der Waals surface area (Å²) in [5.41, 5.74) is 5.62. The Labute approximate surface area is 113 Å². The molecular formula is C11H19N3O4S. The molecule has 0 bridgehead atoms. The summed E-state index contributed by atoms with van der Waals surface area (Å²) < 4.78 is 36.0. The molecule has 1 aromatic heterocycles. The summed E-state index contributed by atoms with van der Waals surface area (Å²) in [6.07, 6.45) is 1.45. The first-order chi connectivity index (χ1) is 9.04. The lowest BCUT2D eigenvalue weighted by Gasteiger charge is -2.21. The highest BCUT2D eigenvalue weighted by molar-refractivity contribution is 7.89. The van der Waals surface area contributed by atoms with E-state index in [-0.39, 0.29) is 23.8 Å². The van der Waals surface area contributed by atoms with Crippen LogP contribution in [0.3, 0.4) is 0 Å². The molecule has 8 heteroatoms. The molecule has 0 fully saturated rings. The Morgan fingerprint density at radius 1 is 1.26 bits per heavy atom. The lowest BCUT2D eigenvalue weighted by molar-refractivity contribution is 0.150. The highest BCUT2D eigenvalue weighted by Gasteiger charge is 2.26. The quantitative estimate of drug-likeness (QED) is 0.721. The minimum absolute atomic E-state index is 0.00204. The summed E-state index contributed by atoms with van der Waals surface area (Å²) in [5, 5.41) is 0. The van der Waals surface area contributed by atoms with E-state index in [0.717, 1.165) is 0 Å². The maximum absolute atomic E-state index is 12.5. The van der Waals surface area contributed by atoms with Gasteiger partial charge in [-0.2, -0.15) is 4.31 Å². The van der Waals surface area contributed by atoms with Crippen molar-refractivity contribution in [2.45, 2.75) is 4.90 Å². The van der Waals surface area contributed by atoms with Gasteiger partial charge in [0.05, 0.1) is 13.2 Å². The lowest BCUT2D eigenvalue weighted by atomic mass is 10.5. The first kappa shape index (κ1) is 15.8. The van der Waals surface area contributed by atoms with Gasteiger partial charge in [-0.15, -0.1) is 0 Å². The molecule has 0 saturated heterocycles. The number of hydrogen-bond donors (Lipinski definition) is 1. The average molecular weight is 289 g/mol. The molecule has 7 nitrogen and oxygen atoms in total. The predicted molar refractivity (Wildman–Crippen MR) is 71.2 cm³/mol. The Kier molecular flexibility index (Phi) is 6.16. The van der Waals surface area contributed by atoms with Gasteiger partial charge in [0.1, 0.15) is 10.7 Å². The number of pyridine rings is 1. The monoisotopic (exact) mass is 289 g/mol. The van der Waals surface area contributed by atoms with Gasteiger partial charge in [-0.25, -0.2) is 13.4 Å². The Hall–Kier alpha value is -1.22. The number of anilines is 1. The van der Waals surface area contributed by atoms with Crippen LogP contribution in [0.25, 0.3) is 0 Å². The van der Waals surface area contributed by atoms with Gasteiger partial charge in [-0.3, -0.25) is 0 Å². The molecule has 0 radical (unpaired) electrons. The first-order valence-electron chi connectivity index (χ1n) is 5.72. The molecular weight excluding hydrogens is 270 g/mol. The Morgan fingerprint density at radius 3 is 2.32 bits per heavy atom. The molecule has 0 atom stereocenters. The molecule has 1 rings (SSSR count). The Bertz CT molecular complexity index is 484. The third-order valence-electron chi connectivity index (χ3n) is 2.51. The number of aromatic nitrogens is 1. The second kappa shape index (κ2) is 7.39. The van der Waals surface area contributed by atoms with Crippen molar-refractivity contribution in [1.82, 2.24) is 9.29 Å². The van der Waals surface area contributed by atoms with E-state index in [2.05, 4.69) is 4.98 Å². The number of hydrogen-bond acceptors (Lipinski definition) is 6. The highest BCUT2D eigenvalue weighted by Crippen LogP contribution is 2.19. The van der Waals surface area contributed by atoms with Crippen LogP contribution in [-0.4, -0.2) is 58.2 Å². The Morgan fingerprint density at radius 2 is 1.84 bits per heavy atom. The summed E-state index contributed by atoms with van der Waals surface area (Å²) in [6, 6.07) is 2.97. The van der Waals surface area contributed by atoms with Crippen LogP contribution < -0.4 is 5.73 Å². The van der Waals surface area contributed by atoms with Crippen LogP contribution in [0, 0.1) is 0 Å². The maximum atomic E-state index is 12.5. The van der Waals surface area contributed by atoms with E-state index >= 15 is 0 Å². The van der Waals surface area contributed by atoms with Crippen LogP contribution in [0.5, 0.6) is 0 Å². The van der Waals surface area contributed by atoms with Gasteiger partial charge in [0.15, 0.2) is 0 Å². The van der Waals surface area contributed by atoms with Gasteiger partial charge < -0.3 is 15.2 Å². The van der Waals surface area contributed by atoms with Gasteiger partial charge in [-0.05, 0) is 12.1 Å². The van der Waals surface area contributed by atoms with Crippen LogP contribution in [0.1, 0.15) is 0 Å². The van der Waals surface area contributed by atoms with Gasteiger partial charge in [0.2, 0.25) is 10.0 Å². The van der Waals surface area contributed by atoms with E-state index in [1.165, 1.54) is 36.9 Å². The number of nitrogens with zero attached hydrogens (tertiary/aromatic N) is 2. The van der Waals surface area contributed by atoms with Crippen molar-refractivity contribution in [3.05, 3.63) is 18.3 Å². The molecule has 0 aliphatic heterocycles. The summed E-state index contributed by atoms with van der Waals surface area (Å²) in [7, 11) is -0.664. The van der Waals surface area contributed by atoms with Gasteiger partial charge in [-0.1, -0.05) is 0 Å². The van der Waals surface area contributed by atoms with Crippen molar-refractivity contribution < 1.29 is 17.9 Å². The van der Waals surface area contributed by atoms with Gasteiger partial charge in [0, 0.05) is 33.5 Å². The predicted octanol–water partition coefficient (Wildman–Crippen LogP) is -0.0527. The summed E-state index contributed by atoms with van der Waals surface area (Å²) in [6.45, 7) is 1.05. The van der Waals surface area contributed by atoms with Gasteiger partial charge in [0.25, 0.3) is 0 Å². The third-order valence-corrected chi connectivity index (χ3v) is 4.45. The summed E-state index contributed by atoms with van der Waals surface area (Å²) >= 11 is 0. The zero-order valence-electron chi connectivity index (χ0n) is 11.1. The van der Waals surface area contributed by atoms with Crippen LogP contribution >= 0.6 is 0 Å². The second-order valence-electron chi connectivity index (χ2n) is 3.78. The van der Waals surface area contributed by atoms with E-state index in [0.29, 0.717) is 13.2 Å². The van der Waals surface area contributed by atoms with Crippen molar-refractivity contribution in [3.8, 4) is 0 Å². The molecule has 0 amide bonds. The SMILES string of the molecule is COCCN(CCOC)S(=O)(=O)c1cccnc1N. The van der Waals surface area contributed by atoms with Crippen molar-refractivity contribution >= 4 is 15.8 Å². The summed E-state index contributed by atoms with van der Waals surface area (Å²) in [4.78, 5) is 3.80. The van der Waals surface area contributed by atoms with E-state index < -0.39 is 10.0 Å². The number of methoxy groups -OCH3 is 2. The van der Waals surface area contributed by atoms with Crippen molar-refractivity contribution in [3.63, 3.8) is 0 Å². The van der Waals surface area contributed by atoms with Crippen molar-refractivity contribution in [2.75, 3.05) is 46.3 Å². The first-order valence-corrected chi connectivity index (χ1v) is 7.16. The topological polar surface area (TPSA) is 94.8 Å². The highest BCUT2D eigenvalue weighted by atomic mass is 32.2. The average Bonchev–Trinajstić information content (AvgIpc) is 2.39. The molecule has 0 spiro atoms. The van der Waals surface area contributed by atoms with E-state index in [4.69, 9.17) is 15.2 Å². The van der Waals surface area contributed by atoms with Crippen LogP contribution in [0.2, 0.25) is 0 Å². The van der Waals surface area contributed by atoms with E-state index in [9.17, 15) is 8.42 Å². The number of sulfonamides is 1. The fourth-order valence-electron chi connectivity index (χ4n) is 1.50. The van der Waals surface area contributed by atoms with E-state index in [1.807, 2.05) is 0 Å². The number of ether oxygens (including phenoxy) is 2. The molecule has 0 aliphatic rings. The van der Waals surface area contributed by atoms with Crippen molar-refractivity contribution in [1.29, 1.82) is 0 Å². The number of rotatable bonds is 8. The molecule has 0 aliphatic carbocycles. The van der Waals surface area contributed by atoms with E-state index in [1.54, 1.807) is 0 Å². The number of nitrogen functional groups attached to an aromatic ring is 1. The molecule has 0 aromatic carbocycles. The fraction of sp³-hybridized carbons (Fsp3) is 0.545. The lowest BCUT2D eigenvalue weighted by Crippen LogP contribution is -2.36. The minimum Gasteiger partial charge on any atom is -0.383 e. The Balaban J connectivity index is 3.01. The zero-order valence-corrected chi connectivity index (χ0v) is 11.9. The van der Waals surface area contributed by atoms with Crippen LogP contribution in [0.15, 0.2) is 23.2 Å². The molecule has 1 heterocycles. The van der Waals surface area contributed by atoms with Crippen LogP contribution in [0.4, 0.5) is 5.82 Å². The fourth-order valence-corrected chi connectivity index (χ4v) is 2.97. The minimum atomic E-state index is -3.69. The van der Waals surface area contributed by atoms with Crippen LogP contribution in [-0.2, 0) is 19.5 Å². The molecule has 2 N–H and O–H groups in total. The molecule has 1 aromatic rings. The summed E-state index contributed by atoms with van der Waals surface area (Å²) in [5.74, 6) is -0.0117. The second-order valence-corrected chi connectivity index (χ2v) is 5.68. The molecule has 0 saturated carbocycles. The smallest absolute Gasteiger partial charge is 0.246 e. The molecule has 108 valence electrons. The molecule has 0 unspecified atom stereocenters. The largest absolute Gasteiger partial charge is 0.383 e. The van der Waals surface area contributed by atoms with Gasteiger partial charge >= 0.3 is 0 Å². The normalized spacial score (nSPS) is 11.9. The third kappa shape index (κ3) is 4.13. The number of nitrogens with two attached hydrogens (primary N) is 1. The standard InChI is InChI=1S/C11H19N3O4S/c1-17-8-6-14(7-9-18-2)19(15,16)10-4-3-5-13-11(10)12/h3-5H,6-9H2,1-2H3,(H2,12,13). The van der Waals surface area contributed by atoms with Crippen molar-refractivity contribution in [2.24, 2.45) is 0 Å². The maximum Gasteiger partial charge on any atom is 0.246 e. The zero-order chi connectivity index (χ0) is 14.3. The molecule has 19 heavy (non-hydrogen) atoms.